The van der Waals surface area contributed by atoms with Crippen molar-refractivity contribution in [2.75, 3.05) is 18.4 Å². The molecular formula is C22H27N3O3S. The minimum absolute atomic E-state index is 0.0347. The molecule has 1 aromatic carbocycles. The highest BCUT2D eigenvalue weighted by Gasteiger charge is 2.28. The summed E-state index contributed by atoms with van der Waals surface area (Å²) in [4.78, 5) is 39.2. The zero-order valence-corrected chi connectivity index (χ0v) is 17.9. The number of piperidine rings is 1. The second-order valence-electron chi connectivity index (χ2n) is 7.42. The molecule has 0 atom stereocenters. The molecule has 1 aliphatic rings. The molecule has 3 N–H and O–H groups in total. The van der Waals surface area contributed by atoms with Gasteiger partial charge < -0.3 is 16.0 Å². The molecule has 0 spiro atoms. The van der Waals surface area contributed by atoms with E-state index in [2.05, 4.69) is 12.2 Å². The van der Waals surface area contributed by atoms with Crippen molar-refractivity contribution in [1.82, 2.24) is 4.90 Å². The van der Waals surface area contributed by atoms with Crippen LogP contribution in [0.5, 0.6) is 0 Å². The lowest BCUT2D eigenvalue weighted by Crippen LogP contribution is -2.40. The van der Waals surface area contributed by atoms with Crippen LogP contribution in [0.15, 0.2) is 24.3 Å². The predicted molar refractivity (Wildman–Crippen MR) is 116 cm³/mol. The van der Waals surface area contributed by atoms with Crippen LogP contribution in [0.1, 0.15) is 47.5 Å². The number of primary amides is 1. The SMILES string of the molecule is CCc1ccc(-c2c(C)sc(NC(=O)C3CCN(C(C)=O)CC3)c2C(N)=O)cc1. The molecule has 7 heteroatoms. The van der Waals surface area contributed by atoms with Crippen molar-refractivity contribution in [3.05, 3.63) is 40.3 Å². The van der Waals surface area contributed by atoms with Crippen molar-refractivity contribution < 1.29 is 14.4 Å². The van der Waals surface area contributed by atoms with Gasteiger partial charge in [-0.3, -0.25) is 14.4 Å². The van der Waals surface area contributed by atoms with Crippen LogP contribution in [0.4, 0.5) is 5.00 Å². The summed E-state index contributed by atoms with van der Waals surface area (Å²) >= 11 is 1.37. The van der Waals surface area contributed by atoms with Crippen LogP contribution in [0.25, 0.3) is 11.1 Å². The number of carbonyl (C=O) groups is 3. The Balaban J connectivity index is 1.83. The Morgan fingerprint density at radius 1 is 1.17 bits per heavy atom. The van der Waals surface area contributed by atoms with Gasteiger partial charge in [0, 0.05) is 36.4 Å². The maximum Gasteiger partial charge on any atom is 0.252 e. The summed E-state index contributed by atoms with van der Waals surface area (Å²) < 4.78 is 0. The van der Waals surface area contributed by atoms with Crippen LogP contribution < -0.4 is 11.1 Å². The summed E-state index contributed by atoms with van der Waals surface area (Å²) in [6.07, 6.45) is 2.18. The lowest BCUT2D eigenvalue weighted by molar-refractivity contribution is -0.132. The smallest absolute Gasteiger partial charge is 0.252 e. The highest BCUT2D eigenvalue weighted by Crippen LogP contribution is 2.40. The zero-order valence-electron chi connectivity index (χ0n) is 17.1. The van der Waals surface area contributed by atoms with Gasteiger partial charge in [-0.05, 0) is 37.3 Å². The third-order valence-corrected chi connectivity index (χ3v) is 6.55. The molecule has 3 amide bonds. The van der Waals surface area contributed by atoms with Gasteiger partial charge in [-0.1, -0.05) is 31.2 Å². The maximum absolute atomic E-state index is 12.8. The fraction of sp³-hybridized carbons (Fsp3) is 0.409. The Morgan fingerprint density at radius 3 is 2.31 bits per heavy atom. The van der Waals surface area contributed by atoms with Crippen molar-refractivity contribution >= 4 is 34.1 Å². The Kier molecular flexibility index (Phi) is 6.37. The van der Waals surface area contributed by atoms with E-state index in [0.717, 1.165) is 22.4 Å². The monoisotopic (exact) mass is 413 g/mol. The van der Waals surface area contributed by atoms with E-state index < -0.39 is 5.91 Å². The lowest BCUT2D eigenvalue weighted by Gasteiger charge is -2.30. The molecule has 1 aromatic heterocycles. The summed E-state index contributed by atoms with van der Waals surface area (Å²) in [6.45, 7) is 6.72. The number of thiophene rings is 1. The van der Waals surface area contributed by atoms with Crippen LogP contribution in [0, 0.1) is 12.8 Å². The molecule has 2 aromatic rings. The largest absolute Gasteiger partial charge is 0.365 e. The van der Waals surface area contributed by atoms with E-state index in [1.807, 2.05) is 31.2 Å². The third-order valence-electron chi connectivity index (χ3n) is 5.53. The minimum atomic E-state index is -0.550. The molecule has 1 fully saturated rings. The number of rotatable bonds is 5. The number of hydrogen-bond donors (Lipinski definition) is 2. The third kappa shape index (κ3) is 4.50. The summed E-state index contributed by atoms with van der Waals surface area (Å²) in [6, 6.07) is 8.06. The van der Waals surface area contributed by atoms with Crippen molar-refractivity contribution in [3.8, 4) is 11.1 Å². The van der Waals surface area contributed by atoms with E-state index in [1.54, 1.807) is 11.8 Å². The molecule has 29 heavy (non-hydrogen) atoms. The number of amides is 3. The zero-order chi connectivity index (χ0) is 21.1. The molecule has 1 aliphatic heterocycles. The Labute approximate surface area is 175 Å². The first-order valence-corrected chi connectivity index (χ1v) is 10.7. The van der Waals surface area contributed by atoms with Gasteiger partial charge in [-0.15, -0.1) is 11.3 Å². The molecule has 0 unspecified atom stereocenters. The first-order chi connectivity index (χ1) is 13.8. The topological polar surface area (TPSA) is 92.5 Å². The van der Waals surface area contributed by atoms with Crippen LogP contribution in [-0.2, 0) is 16.0 Å². The van der Waals surface area contributed by atoms with E-state index >= 15 is 0 Å². The Hall–Kier alpha value is -2.67. The highest BCUT2D eigenvalue weighted by molar-refractivity contribution is 7.17. The molecule has 6 nitrogen and oxygen atoms in total. The Bertz CT molecular complexity index is 926. The summed E-state index contributed by atoms with van der Waals surface area (Å²) in [5, 5.41) is 3.44. The van der Waals surface area contributed by atoms with Crippen molar-refractivity contribution in [3.63, 3.8) is 0 Å². The van der Waals surface area contributed by atoms with Gasteiger partial charge in [0.25, 0.3) is 5.91 Å². The van der Waals surface area contributed by atoms with Gasteiger partial charge in [0.15, 0.2) is 0 Å². The fourth-order valence-corrected chi connectivity index (χ4v) is 4.88. The predicted octanol–water partition coefficient (Wildman–Crippen LogP) is 3.58. The van der Waals surface area contributed by atoms with E-state index in [-0.39, 0.29) is 17.7 Å². The van der Waals surface area contributed by atoms with Gasteiger partial charge >= 0.3 is 0 Å². The number of carbonyl (C=O) groups excluding carboxylic acids is 3. The number of likely N-dealkylation sites (tertiary alicyclic amines) is 1. The van der Waals surface area contributed by atoms with Crippen molar-refractivity contribution in [2.24, 2.45) is 11.7 Å². The molecule has 0 saturated carbocycles. The average molecular weight is 414 g/mol. The first-order valence-electron chi connectivity index (χ1n) is 9.90. The van der Waals surface area contributed by atoms with Gasteiger partial charge in [0.2, 0.25) is 11.8 Å². The molecule has 3 rings (SSSR count). The average Bonchev–Trinajstić information content (AvgIpc) is 3.03. The van der Waals surface area contributed by atoms with Crippen molar-refractivity contribution in [2.45, 2.75) is 40.0 Å². The highest BCUT2D eigenvalue weighted by atomic mass is 32.1. The van der Waals surface area contributed by atoms with Crippen LogP contribution >= 0.6 is 11.3 Å². The van der Waals surface area contributed by atoms with Gasteiger partial charge in [-0.2, -0.15) is 0 Å². The van der Waals surface area contributed by atoms with Gasteiger partial charge in [0.05, 0.1) is 5.56 Å². The number of hydrogen-bond acceptors (Lipinski definition) is 4. The van der Waals surface area contributed by atoms with Gasteiger partial charge in [0.1, 0.15) is 5.00 Å². The quantitative estimate of drug-likeness (QED) is 0.785. The normalized spacial score (nSPS) is 14.7. The van der Waals surface area contributed by atoms with Crippen molar-refractivity contribution in [1.29, 1.82) is 0 Å². The van der Waals surface area contributed by atoms with E-state index in [1.165, 1.54) is 16.9 Å². The number of benzene rings is 1. The maximum atomic E-state index is 12.8. The molecule has 0 radical (unpaired) electrons. The second-order valence-corrected chi connectivity index (χ2v) is 8.65. The van der Waals surface area contributed by atoms with E-state index in [9.17, 15) is 14.4 Å². The fourth-order valence-electron chi connectivity index (χ4n) is 3.79. The molecular weight excluding hydrogens is 386 g/mol. The number of nitrogens with zero attached hydrogens (tertiary/aromatic N) is 1. The standard InChI is InChI=1S/C22H27N3O3S/c1-4-15-5-7-16(8-6-15)18-13(2)29-22(19(18)20(23)27)24-21(28)17-9-11-25(12-10-17)14(3)26/h5-8,17H,4,9-12H2,1-3H3,(H2,23,27)(H,24,28). The molecule has 0 aliphatic carbocycles. The summed E-state index contributed by atoms with van der Waals surface area (Å²) in [7, 11) is 0. The van der Waals surface area contributed by atoms with Crippen LogP contribution in [-0.4, -0.2) is 35.7 Å². The van der Waals surface area contributed by atoms with E-state index in [4.69, 9.17) is 5.73 Å². The van der Waals surface area contributed by atoms with E-state index in [0.29, 0.717) is 36.5 Å². The molecule has 2 heterocycles. The molecule has 154 valence electrons. The molecule has 1 saturated heterocycles. The first kappa shape index (κ1) is 21.0. The Morgan fingerprint density at radius 2 is 1.79 bits per heavy atom. The van der Waals surface area contributed by atoms with Crippen LogP contribution in [0.3, 0.4) is 0 Å². The number of nitrogens with one attached hydrogen (secondary N) is 1. The summed E-state index contributed by atoms with van der Waals surface area (Å²) in [5.74, 6) is -0.816. The minimum Gasteiger partial charge on any atom is -0.365 e. The second kappa shape index (κ2) is 8.78. The summed E-state index contributed by atoms with van der Waals surface area (Å²) in [5.41, 5.74) is 8.98. The van der Waals surface area contributed by atoms with Gasteiger partial charge in [-0.25, -0.2) is 0 Å². The lowest BCUT2D eigenvalue weighted by atomic mass is 9.95. The number of aryl methyl sites for hydroxylation is 2. The molecule has 0 bridgehead atoms. The van der Waals surface area contributed by atoms with Crippen LogP contribution in [0.2, 0.25) is 0 Å². The number of anilines is 1. The number of nitrogens with two attached hydrogens (primary N) is 1.